The van der Waals surface area contributed by atoms with Gasteiger partial charge in [-0.15, -0.1) is 0 Å². The van der Waals surface area contributed by atoms with E-state index in [1.54, 1.807) is 18.2 Å². The largest absolute Gasteiger partial charge is 0.481 e. The summed E-state index contributed by atoms with van der Waals surface area (Å²) in [5, 5.41) is 41.7. The maximum atomic E-state index is 13.0. The van der Waals surface area contributed by atoms with Gasteiger partial charge in [-0.2, -0.15) is 0 Å². The Bertz CT molecular complexity index is 1570. The van der Waals surface area contributed by atoms with Crippen LogP contribution in [0.3, 0.4) is 0 Å². The quantitative estimate of drug-likeness (QED) is 0.122. The molecular formula is C47H66O11. The van der Waals surface area contributed by atoms with Gasteiger partial charge in [-0.3, -0.25) is 4.79 Å². The van der Waals surface area contributed by atoms with Gasteiger partial charge in [-0.1, -0.05) is 106 Å². The predicted molar refractivity (Wildman–Crippen MR) is 222 cm³/mol. The molecule has 3 fully saturated rings. The van der Waals surface area contributed by atoms with Gasteiger partial charge in [0.2, 0.25) is 0 Å². The molecule has 11 heteroatoms. The van der Waals surface area contributed by atoms with Crippen molar-refractivity contribution in [1.29, 1.82) is 0 Å². The molecule has 320 valence electrons. The Kier molecular flexibility index (Phi) is 18.0. The number of allylic oxidation sites excluding steroid dienone is 7. The minimum atomic E-state index is -1.18. The number of aliphatic hydroxyl groups is 3. The number of esters is 1. The first-order valence-corrected chi connectivity index (χ1v) is 21.3. The third-order valence-electron chi connectivity index (χ3n) is 12.0. The molecule has 58 heavy (non-hydrogen) atoms. The molecule has 6 rings (SSSR count). The summed E-state index contributed by atoms with van der Waals surface area (Å²) in [4.78, 5) is 23.9. The van der Waals surface area contributed by atoms with Crippen molar-refractivity contribution in [3.63, 3.8) is 0 Å². The summed E-state index contributed by atoms with van der Waals surface area (Å²) >= 11 is 0. The SMILES string of the molecule is C/C(=C\[C@@H](C)CCCCC(=O)O)[C@H]1O[C@H]2C=C[C@H]1OC(=O)/C=C\C=CC=C[C@@H]1O[C@H]3C[C@@H]1O[C@H](C=CC[C@@H]1O[C@@H](C[C@@H](O)[C@@H]1C)[C@H](O)[C@H](O)/C=C\CCC=CC2)[C@H]3C. The fourth-order valence-corrected chi connectivity index (χ4v) is 8.38. The highest BCUT2D eigenvalue weighted by molar-refractivity contribution is 5.82. The second-order valence-electron chi connectivity index (χ2n) is 16.6. The van der Waals surface area contributed by atoms with Crippen LogP contribution in [-0.4, -0.2) is 106 Å². The van der Waals surface area contributed by atoms with Crippen LogP contribution in [0.2, 0.25) is 0 Å². The molecule has 6 aliphatic heterocycles. The molecule has 0 amide bonds. The molecule has 0 aliphatic carbocycles. The zero-order valence-corrected chi connectivity index (χ0v) is 34.5. The lowest BCUT2D eigenvalue weighted by Crippen LogP contribution is -2.50. The number of hydrogen-bond donors (Lipinski definition) is 4. The molecule has 0 spiro atoms. The highest BCUT2D eigenvalue weighted by Crippen LogP contribution is 2.38. The van der Waals surface area contributed by atoms with E-state index >= 15 is 0 Å². The van der Waals surface area contributed by atoms with Crippen LogP contribution in [0.1, 0.15) is 91.9 Å². The molecule has 11 nitrogen and oxygen atoms in total. The van der Waals surface area contributed by atoms with Crippen LogP contribution in [0.25, 0.3) is 0 Å². The highest BCUT2D eigenvalue weighted by Gasteiger charge is 2.45. The van der Waals surface area contributed by atoms with Crippen LogP contribution in [0.5, 0.6) is 0 Å². The second kappa shape index (κ2) is 22.8. The van der Waals surface area contributed by atoms with Crippen LogP contribution in [0, 0.1) is 17.8 Å². The van der Waals surface area contributed by atoms with Crippen molar-refractivity contribution in [1.82, 2.24) is 0 Å². The number of carboxylic acids is 1. The Hall–Kier alpha value is -3.42. The van der Waals surface area contributed by atoms with Crippen LogP contribution < -0.4 is 0 Å². The van der Waals surface area contributed by atoms with Gasteiger partial charge in [-0.25, -0.2) is 4.79 Å². The van der Waals surface area contributed by atoms with Crippen molar-refractivity contribution in [3.05, 3.63) is 96.7 Å². The van der Waals surface area contributed by atoms with E-state index in [1.165, 1.54) is 6.08 Å². The molecule has 0 radical (unpaired) electrons. The lowest BCUT2D eigenvalue weighted by atomic mass is 9.85. The molecule has 6 aliphatic rings. The van der Waals surface area contributed by atoms with Gasteiger partial charge in [-0.05, 0) is 63.0 Å². The van der Waals surface area contributed by atoms with E-state index in [2.05, 4.69) is 32.1 Å². The van der Waals surface area contributed by atoms with E-state index in [0.29, 0.717) is 25.7 Å². The number of fused-ring (bicyclic) bond motifs is 13. The summed E-state index contributed by atoms with van der Waals surface area (Å²) in [7, 11) is 0. The van der Waals surface area contributed by atoms with E-state index in [1.807, 2.05) is 62.5 Å². The summed E-state index contributed by atoms with van der Waals surface area (Å²) in [6.07, 6.45) is 28.3. The Morgan fingerprint density at radius 2 is 1.53 bits per heavy atom. The molecule has 0 unspecified atom stereocenters. The maximum Gasteiger partial charge on any atom is 0.331 e. The lowest BCUT2D eigenvalue weighted by molar-refractivity contribution is -0.175. The monoisotopic (exact) mass is 806 g/mol. The molecule has 6 heterocycles. The van der Waals surface area contributed by atoms with Crippen LogP contribution >= 0.6 is 0 Å². The Balaban J connectivity index is 1.29. The third-order valence-corrected chi connectivity index (χ3v) is 12.0. The van der Waals surface area contributed by atoms with E-state index in [4.69, 9.17) is 28.8 Å². The zero-order valence-electron chi connectivity index (χ0n) is 34.5. The van der Waals surface area contributed by atoms with Gasteiger partial charge in [0, 0.05) is 37.2 Å². The number of rotatable bonds is 7. The standard InChI is InChI=1S/C47H66O11/c1-30(17-14-15-23-44(50)51)27-31(2)47-40-26-25-34(54-47)18-10-6-5-7-11-19-35(48)46(53)43-28-36(49)32(3)37(56-43)21-16-22-38-33(4)41-29-42(55-38)39(57-41)20-12-8-9-13-24-45(52)58-40/h6,8-13,16,19-20,22,24-27,30,32-43,46-49,53H,5,7,14-15,17-18,21,23,28-29H2,1-4H3,(H,50,51)/b9-8?,10-6?,19-11-,20-12?,22-16?,24-13-,31-27+/t30-,32-,33+,34+,35+,36+,37-,38+,39-,40+,41-,42-,43-,46+,47+/m0/s1. The highest BCUT2D eigenvalue weighted by atomic mass is 16.6. The summed E-state index contributed by atoms with van der Waals surface area (Å²) in [6.45, 7) is 8.15. The van der Waals surface area contributed by atoms with Crippen molar-refractivity contribution in [2.45, 2.75) is 165 Å². The number of aliphatic hydroxyl groups excluding tert-OH is 3. The molecular weight excluding hydrogens is 741 g/mol. The first-order chi connectivity index (χ1) is 27.9. The van der Waals surface area contributed by atoms with Crippen molar-refractivity contribution in [2.24, 2.45) is 17.8 Å². The number of aliphatic carboxylic acids is 1. The minimum absolute atomic E-state index is 0.0508. The van der Waals surface area contributed by atoms with Gasteiger partial charge >= 0.3 is 11.9 Å². The molecule has 3 saturated heterocycles. The smallest absolute Gasteiger partial charge is 0.331 e. The zero-order chi connectivity index (χ0) is 41.6. The maximum absolute atomic E-state index is 13.0. The lowest BCUT2D eigenvalue weighted by Gasteiger charge is -2.40. The molecule has 0 aromatic heterocycles. The van der Waals surface area contributed by atoms with Crippen LogP contribution in [-0.2, 0) is 33.3 Å². The molecule has 0 saturated carbocycles. The van der Waals surface area contributed by atoms with Gasteiger partial charge in [0.15, 0.2) is 6.10 Å². The minimum Gasteiger partial charge on any atom is -0.481 e. The molecule has 0 aromatic carbocycles. The Labute approximate surface area is 344 Å². The number of unbranched alkanes of at least 4 members (excludes halogenated alkanes) is 1. The summed E-state index contributed by atoms with van der Waals surface area (Å²) in [5.74, 6) is -1.09. The molecule has 15 atom stereocenters. The number of carboxylic acid groups (broad SMARTS) is 1. The first-order valence-electron chi connectivity index (χ1n) is 21.3. The molecule has 0 aromatic rings. The summed E-state index contributed by atoms with van der Waals surface area (Å²) in [5.41, 5.74) is 0.945. The normalized spacial score (nSPS) is 39.5. The van der Waals surface area contributed by atoms with E-state index in [0.717, 1.165) is 31.3 Å². The Morgan fingerprint density at radius 3 is 2.34 bits per heavy atom. The topological polar surface area (TPSA) is 161 Å². The van der Waals surface area contributed by atoms with E-state index < -0.39 is 48.6 Å². The fraction of sp³-hybridized carbons (Fsp3) is 0.617. The van der Waals surface area contributed by atoms with Gasteiger partial charge in [0.25, 0.3) is 0 Å². The Morgan fingerprint density at radius 1 is 0.759 bits per heavy atom. The van der Waals surface area contributed by atoms with Crippen LogP contribution in [0.4, 0.5) is 0 Å². The summed E-state index contributed by atoms with van der Waals surface area (Å²) in [6, 6.07) is 0. The van der Waals surface area contributed by atoms with Crippen molar-refractivity contribution in [3.8, 4) is 0 Å². The average Bonchev–Trinajstić information content (AvgIpc) is 3.54. The van der Waals surface area contributed by atoms with Crippen LogP contribution in [0.15, 0.2) is 96.7 Å². The third kappa shape index (κ3) is 13.6. The second-order valence-corrected chi connectivity index (χ2v) is 16.6. The van der Waals surface area contributed by atoms with Crippen molar-refractivity contribution < 1.29 is 53.7 Å². The predicted octanol–water partition coefficient (Wildman–Crippen LogP) is 6.80. The molecule has 4 N–H and O–H groups in total. The van der Waals surface area contributed by atoms with E-state index in [-0.39, 0.29) is 67.2 Å². The van der Waals surface area contributed by atoms with E-state index in [9.17, 15) is 24.9 Å². The number of carbonyl (C=O) groups is 2. The van der Waals surface area contributed by atoms with Crippen molar-refractivity contribution >= 4 is 11.9 Å². The van der Waals surface area contributed by atoms with Gasteiger partial charge in [0.05, 0.1) is 42.7 Å². The van der Waals surface area contributed by atoms with Gasteiger partial charge in [0.1, 0.15) is 24.4 Å². The molecule has 7 bridgehead atoms. The van der Waals surface area contributed by atoms with Crippen molar-refractivity contribution in [2.75, 3.05) is 0 Å². The number of hydrogen-bond acceptors (Lipinski definition) is 10. The fourth-order valence-electron chi connectivity index (χ4n) is 8.38. The van der Waals surface area contributed by atoms with Gasteiger partial charge < -0.3 is 44.1 Å². The first kappa shape index (κ1) is 45.7. The number of ether oxygens (including phenoxy) is 5. The summed E-state index contributed by atoms with van der Waals surface area (Å²) < 4.78 is 31.5. The average molecular weight is 807 g/mol. The number of carbonyl (C=O) groups excluding carboxylic acids is 1.